The van der Waals surface area contributed by atoms with Crippen LogP contribution in [0.2, 0.25) is 0 Å². The summed E-state index contributed by atoms with van der Waals surface area (Å²) in [7, 11) is 3.27. The summed E-state index contributed by atoms with van der Waals surface area (Å²) in [5.41, 5.74) is 1.14. The molecule has 0 fully saturated rings. The van der Waals surface area contributed by atoms with Crippen LogP contribution in [-0.4, -0.2) is 14.2 Å². The van der Waals surface area contributed by atoms with Crippen molar-refractivity contribution in [3.8, 4) is 11.5 Å². The summed E-state index contributed by atoms with van der Waals surface area (Å²) in [5, 5.41) is 3.30. The van der Waals surface area contributed by atoms with E-state index in [1.165, 1.54) is 0 Å². The molecule has 0 saturated carbocycles. The minimum Gasteiger partial charge on any atom is -0.493 e. The van der Waals surface area contributed by atoms with Gasteiger partial charge >= 0.3 is 0 Å². The smallest absolute Gasteiger partial charge is 0.161 e. The Morgan fingerprint density at radius 3 is 2.56 bits per heavy atom. The van der Waals surface area contributed by atoms with E-state index in [0.29, 0.717) is 6.54 Å². The molecule has 18 heavy (non-hydrogen) atoms. The van der Waals surface area contributed by atoms with Crippen LogP contribution in [0.15, 0.2) is 41.0 Å². The molecule has 0 atom stereocenters. The highest BCUT2D eigenvalue weighted by Gasteiger charge is 2.04. The second-order valence-electron chi connectivity index (χ2n) is 3.87. The molecule has 1 aromatic carbocycles. The lowest BCUT2D eigenvalue weighted by atomic mass is 10.2. The number of rotatable bonds is 6. The summed E-state index contributed by atoms with van der Waals surface area (Å²) >= 11 is 0. The van der Waals surface area contributed by atoms with Crippen LogP contribution in [0.5, 0.6) is 11.5 Å². The van der Waals surface area contributed by atoms with Crippen LogP contribution < -0.4 is 14.8 Å². The fraction of sp³-hybridized carbons (Fsp3) is 0.286. The van der Waals surface area contributed by atoms with Gasteiger partial charge in [0.25, 0.3) is 0 Å². The molecule has 0 saturated heterocycles. The zero-order valence-corrected chi connectivity index (χ0v) is 10.6. The number of methoxy groups -OCH3 is 2. The first-order valence-electron chi connectivity index (χ1n) is 5.77. The Kier molecular flexibility index (Phi) is 4.25. The number of nitrogens with one attached hydrogen (secondary N) is 1. The molecule has 0 aliphatic heterocycles. The van der Waals surface area contributed by atoms with E-state index >= 15 is 0 Å². The van der Waals surface area contributed by atoms with Crippen molar-refractivity contribution in [2.24, 2.45) is 0 Å². The second-order valence-corrected chi connectivity index (χ2v) is 3.87. The molecule has 0 aliphatic carbocycles. The first-order chi connectivity index (χ1) is 8.83. The largest absolute Gasteiger partial charge is 0.493 e. The van der Waals surface area contributed by atoms with Crippen molar-refractivity contribution in [3.05, 3.63) is 47.9 Å². The van der Waals surface area contributed by atoms with Gasteiger partial charge in [-0.25, -0.2) is 0 Å². The standard InChI is InChI=1S/C14H17NO3/c1-16-13-6-5-11(8-14(13)17-2)9-15-10-12-4-3-7-18-12/h3-8,15H,9-10H2,1-2H3. The molecule has 0 bridgehead atoms. The van der Waals surface area contributed by atoms with Gasteiger partial charge in [0.05, 0.1) is 27.0 Å². The molecule has 4 heteroatoms. The Morgan fingerprint density at radius 2 is 1.89 bits per heavy atom. The van der Waals surface area contributed by atoms with Crippen molar-refractivity contribution >= 4 is 0 Å². The average Bonchev–Trinajstić information content (AvgIpc) is 2.91. The van der Waals surface area contributed by atoms with Gasteiger partial charge in [0.2, 0.25) is 0 Å². The first kappa shape index (κ1) is 12.5. The highest BCUT2D eigenvalue weighted by Crippen LogP contribution is 2.27. The predicted octanol–water partition coefficient (Wildman–Crippen LogP) is 2.59. The van der Waals surface area contributed by atoms with E-state index in [4.69, 9.17) is 13.9 Å². The quantitative estimate of drug-likeness (QED) is 0.852. The van der Waals surface area contributed by atoms with Crippen LogP contribution >= 0.6 is 0 Å². The summed E-state index contributed by atoms with van der Waals surface area (Å²) in [4.78, 5) is 0. The Bertz CT molecular complexity index is 480. The molecular formula is C14H17NO3. The summed E-state index contributed by atoms with van der Waals surface area (Å²) in [6.45, 7) is 1.46. The normalized spacial score (nSPS) is 10.3. The zero-order valence-electron chi connectivity index (χ0n) is 10.6. The number of benzene rings is 1. The molecule has 0 aliphatic rings. The first-order valence-corrected chi connectivity index (χ1v) is 5.77. The van der Waals surface area contributed by atoms with Crippen molar-refractivity contribution in [1.82, 2.24) is 5.32 Å². The lowest BCUT2D eigenvalue weighted by molar-refractivity contribution is 0.354. The third-order valence-corrected chi connectivity index (χ3v) is 2.66. The van der Waals surface area contributed by atoms with Crippen LogP contribution in [0.3, 0.4) is 0 Å². The van der Waals surface area contributed by atoms with Crippen molar-refractivity contribution in [3.63, 3.8) is 0 Å². The maximum Gasteiger partial charge on any atom is 0.161 e. The van der Waals surface area contributed by atoms with E-state index in [1.54, 1.807) is 20.5 Å². The fourth-order valence-electron chi connectivity index (χ4n) is 1.73. The van der Waals surface area contributed by atoms with E-state index < -0.39 is 0 Å². The molecular weight excluding hydrogens is 230 g/mol. The van der Waals surface area contributed by atoms with Crippen LogP contribution in [0.1, 0.15) is 11.3 Å². The molecule has 96 valence electrons. The van der Waals surface area contributed by atoms with Crippen molar-refractivity contribution in [2.45, 2.75) is 13.1 Å². The molecule has 1 N–H and O–H groups in total. The van der Waals surface area contributed by atoms with Crippen molar-refractivity contribution in [1.29, 1.82) is 0 Å². The summed E-state index contributed by atoms with van der Waals surface area (Å²) in [5.74, 6) is 2.41. The average molecular weight is 247 g/mol. The highest BCUT2D eigenvalue weighted by atomic mass is 16.5. The fourth-order valence-corrected chi connectivity index (χ4v) is 1.73. The number of hydrogen-bond acceptors (Lipinski definition) is 4. The summed E-state index contributed by atoms with van der Waals surface area (Å²) in [6.07, 6.45) is 1.67. The van der Waals surface area contributed by atoms with Crippen LogP contribution in [0.4, 0.5) is 0 Å². The van der Waals surface area contributed by atoms with Crippen molar-refractivity contribution < 1.29 is 13.9 Å². The molecule has 1 heterocycles. The molecule has 4 nitrogen and oxygen atoms in total. The van der Waals surface area contributed by atoms with Gasteiger partial charge in [-0.05, 0) is 29.8 Å². The molecule has 1 aromatic heterocycles. The van der Waals surface area contributed by atoms with Crippen LogP contribution in [0.25, 0.3) is 0 Å². The molecule has 2 rings (SSSR count). The van der Waals surface area contributed by atoms with Gasteiger partial charge in [-0.2, -0.15) is 0 Å². The topological polar surface area (TPSA) is 43.6 Å². The van der Waals surface area contributed by atoms with Gasteiger partial charge < -0.3 is 19.2 Å². The Balaban J connectivity index is 1.93. The maximum atomic E-state index is 5.26. The molecule has 0 amide bonds. The third-order valence-electron chi connectivity index (χ3n) is 2.66. The lowest BCUT2D eigenvalue weighted by Crippen LogP contribution is -2.12. The number of furan rings is 1. The van der Waals surface area contributed by atoms with E-state index in [9.17, 15) is 0 Å². The summed E-state index contributed by atoms with van der Waals surface area (Å²) < 4.78 is 15.7. The minimum absolute atomic E-state index is 0.710. The number of hydrogen-bond donors (Lipinski definition) is 1. The Labute approximate surface area is 107 Å². The van der Waals surface area contributed by atoms with E-state index in [1.807, 2.05) is 30.3 Å². The second kappa shape index (κ2) is 6.12. The zero-order chi connectivity index (χ0) is 12.8. The minimum atomic E-state index is 0.710. The predicted molar refractivity (Wildman–Crippen MR) is 68.8 cm³/mol. The highest BCUT2D eigenvalue weighted by molar-refractivity contribution is 5.42. The molecule has 0 radical (unpaired) electrons. The summed E-state index contributed by atoms with van der Waals surface area (Å²) in [6, 6.07) is 9.71. The van der Waals surface area contributed by atoms with Crippen LogP contribution in [0, 0.1) is 0 Å². The SMILES string of the molecule is COc1ccc(CNCc2ccco2)cc1OC. The maximum absolute atomic E-state index is 5.26. The van der Waals surface area contributed by atoms with Gasteiger partial charge in [0.1, 0.15) is 5.76 Å². The lowest BCUT2D eigenvalue weighted by Gasteiger charge is -2.09. The third kappa shape index (κ3) is 3.05. The van der Waals surface area contributed by atoms with Gasteiger partial charge in [-0.15, -0.1) is 0 Å². The molecule has 0 unspecified atom stereocenters. The van der Waals surface area contributed by atoms with Gasteiger partial charge in [0, 0.05) is 6.54 Å². The monoisotopic (exact) mass is 247 g/mol. The molecule has 0 spiro atoms. The Hall–Kier alpha value is -1.94. The van der Waals surface area contributed by atoms with Gasteiger partial charge in [-0.1, -0.05) is 6.07 Å². The van der Waals surface area contributed by atoms with Gasteiger partial charge in [-0.3, -0.25) is 0 Å². The van der Waals surface area contributed by atoms with Crippen LogP contribution in [-0.2, 0) is 13.1 Å². The molecule has 2 aromatic rings. The van der Waals surface area contributed by atoms with Crippen molar-refractivity contribution in [2.75, 3.05) is 14.2 Å². The number of ether oxygens (including phenoxy) is 2. The van der Waals surface area contributed by atoms with E-state index in [0.717, 1.165) is 29.4 Å². The van der Waals surface area contributed by atoms with E-state index in [-0.39, 0.29) is 0 Å². The Morgan fingerprint density at radius 1 is 1.06 bits per heavy atom. The van der Waals surface area contributed by atoms with E-state index in [2.05, 4.69) is 5.32 Å². The van der Waals surface area contributed by atoms with Gasteiger partial charge in [0.15, 0.2) is 11.5 Å².